The molecule has 0 unspecified atom stereocenters. The first-order valence-electron chi connectivity index (χ1n) is 8.10. The molecule has 3 aromatic rings. The molecule has 1 aromatic carbocycles. The summed E-state index contributed by atoms with van der Waals surface area (Å²) in [5.41, 5.74) is 5.29. The molecule has 2 heterocycles. The van der Waals surface area contributed by atoms with Crippen molar-refractivity contribution >= 4 is 23.3 Å². The largest absolute Gasteiger partial charge is 0.466 e. The molecule has 27 heavy (non-hydrogen) atoms. The third kappa shape index (κ3) is 4.12. The van der Waals surface area contributed by atoms with Crippen LogP contribution >= 0.6 is 0 Å². The maximum Gasteiger partial charge on any atom is 0.273 e. The second kappa shape index (κ2) is 7.69. The highest BCUT2D eigenvalue weighted by Crippen LogP contribution is 2.20. The fourth-order valence-corrected chi connectivity index (χ4v) is 2.48. The lowest BCUT2D eigenvalue weighted by atomic mass is 10.2. The van der Waals surface area contributed by atoms with Crippen molar-refractivity contribution < 1.29 is 18.4 Å². The van der Waals surface area contributed by atoms with E-state index in [0.717, 1.165) is 0 Å². The Bertz CT molecular complexity index is 1000. The topological polar surface area (TPSA) is 96.3 Å². The molecule has 0 saturated heterocycles. The number of nitrogens with zero attached hydrogens (tertiary/aromatic N) is 1. The lowest BCUT2D eigenvalue weighted by molar-refractivity contribution is 0.0846. The van der Waals surface area contributed by atoms with Crippen LogP contribution in [-0.4, -0.2) is 16.8 Å². The van der Waals surface area contributed by atoms with E-state index < -0.39 is 17.6 Å². The molecule has 3 rings (SSSR count). The van der Waals surface area contributed by atoms with Gasteiger partial charge in [-0.3, -0.25) is 20.4 Å². The van der Waals surface area contributed by atoms with Gasteiger partial charge >= 0.3 is 0 Å². The first-order valence-corrected chi connectivity index (χ1v) is 8.10. The number of benzene rings is 1. The number of para-hydroxylation sites is 1. The third-order valence-electron chi connectivity index (χ3n) is 3.75. The zero-order valence-electron chi connectivity index (χ0n) is 14.7. The predicted molar refractivity (Wildman–Crippen MR) is 97.0 cm³/mol. The van der Waals surface area contributed by atoms with Crippen LogP contribution in [0.1, 0.15) is 32.2 Å². The van der Waals surface area contributed by atoms with Gasteiger partial charge in [-0.2, -0.15) is 0 Å². The summed E-state index contributed by atoms with van der Waals surface area (Å²) in [6.45, 7) is 3.37. The fraction of sp³-hybridized carbons (Fsp3) is 0.105. The van der Waals surface area contributed by atoms with Crippen molar-refractivity contribution in [1.82, 2.24) is 15.8 Å². The normalized spacial score (nSPS) is 10.3. The van der Waals surface area contributed by atoms with Gasteiger partial charge in [-0.15, -0.1) is 0 Å². The van der Waals surface area contributed by atoms with Gasteiger partial charge < -0.3 is 9.73 Å². The van der Waals surface area contributed by atoms with Crippen LogP contribution in [0.25, 0.3) is 0 Å². The number of aryl methyl sites for hydroxylation is 2. The van der Waals surface area contributed by atoms with Gasteiger partial charge in [0.1, 0.15) is 23.2 Å². The van der Waals surface area contributed by atoms with E-state index in [9.17, 15) is 14.0 Å². The van der Waals surface area contributed by atoms with Crippen molar-refractivity contribution in [3.05, 3.63) is 77.1 Å². The quantitative estimate of drug-likeness (QED) is 0.615. The maximum atomic E-state index is 13.8. The minimum absolute atomic E-state index is 0.140. The Kier molecular flexibility index (Phi) is 5.16. The maximum absolute atomic E-state index is 13.8. The summed E-state index contributed by atoms with van der Waals surface area (Å²) in [6.07, 6.45) is 1.47. The van der Waals surface area contributed by atoms with Crippen molar-refractivity contribution in [2.24, 2.45) is 0 Å². The number of nitrogens with one attached hydrogen (secondary N) is 3. The van der Waals surface area contributed by atoms with E-state index in [1.807, 2.05) is 0 Å². The third-order valence-corrected chi connectivity index (χ3v) is 3.75. The number of rotatable bonds is 4. The van der Waals surface area contributed by atoms with Crippen LogP contribution in [0.5, 0.6) is 0 Å². The van der Waals surface area contributed by atoms with E-state index in [4.69, 9.17) is 4.42 Å². The van der Waals surface area contributed by atoms with Crippen LogP contribution in [0, 0.1) is 19.7 Å². The van der Waals surface area contributed by atoms with Crippen LogP contribution in [-0.2, 0) is 0 Å². The average Bonchev–Trinajstić information content (AvgIpc) is 3.00. The zero-order valence-corrected chi connectivity index (χ0v) is 14.7. The number of carbonyl (C=O) groups excluding carboxylic acids is 2. The monoisotopic (exact) mass is 368 g/mol. The smallest absolute Gasteiger partial charge is 0.273 e. The second-order valence-electron chi connectivity index (χ2n) is 5.74. The molecule has 2 amide bonds. The van der Waals surface area contributed by atoms with E-state index in [1.54, 1.807) is 38.1 Å². The Balaban J connectivity index is 1.73. The number of hydrazine groups is 1. The molecule has 0 radical (unpaired) electrons. The Hall–Kier alpha value is -3.68. The highest BCUT2D eigenvalue weighted by molar-refractivity contribution is 6.02. The van der Waals surface area contributed by atoms with Gasteiger partial charge in [0.05, 0.1) is 16.8 Å². The molecule has 0 saturated carbocycles. The first-order chi connectivity index (χ1) is 13.0. The molecule has 3 N–H and O–H groups in total. The Morgan fingerprint density at radius 3 is 2.37 bits per heavy atom. The highest BCUT2D eigenvalue weighted by atomic mass is 19.1. The van der Waals surface area contributed by atoms with E-state index in [1.165, 1.54) is 24.4 Å². The molecule has 2 aromatic heterocycles. The molecule has 0 fully saturated rings. The molecule has 0 aliphatic carbocycles. The number of halogens is 1. The number of anilines is 2. The van der Waals surface area contributed by atoms with Gasteiger partial charge in [-0.1, -0.05) is 12.1 Å². The highest BCUT2D eigenvalue weighted by Gasteiger charge is 2.17. The summed E-state index contributed by atoms with van der Waals surface area (Å²) < 4.78 is 19.1. The first kappa shape index (κ1) is 18.1. The number of hydrogen-bond donors (Lipinski definition) is 3. The fourth-order valence-electron chi connectivity index (χ4n) is 2.48. The standard InChI is InChI=1S/C19H17FN4O3/c1-11-10-14(12(2)27-11)19(26)24-23-18(25)13-6-5-9-21-17(13)22-16-8-4-3-7-15(16)20/h3-10H,1-2H3,(H,21,22)(H,23,25)(H,24,26). The van der Waals surface area contributed by atoms with Crippen LogP contribution in [0.4, 0.5) is 15.9 Å². The predicted octanol–water partition coefficient (Wildman–Crippen LogP) is 3.25. The second-order valence-corrected chi connectivity index (χ2v) is 5.74. The lowest BCUT2D eigenvalue weighted by Crippen LogP contribution is -2.42. The van der Waals surface area contributed by atoms with E-state index in [0.29, 0.717) is 17.1 Å². The van der Waals surface area contributed by atoms with Crippen molar-refractivity contribution in [2.75, 3.05) is 5.32 Å². The number of carbonyl (C=O) groups is 2. The Morgan fingerprint density at radius 1 is 1.00 bits per heavy atom. The van der Waals surface area contributed by atoms with Crippen LogP contribution in [0.15, 0.2) is 53.1 Å². The molecule has 8 heteroatoms. The number of furan rings is 1. The molecular formula is C19H17FN4O3. The summed E-state index contributed by atoms with van der Waals surface area (Å²) in [6, 6.07) is 10.7. The summed E-state index contributed by atoms with van der Waals surface area (Å²) in [7, 11) is 0. The minimum Gasteiger partial charge on any atom is -0.466 e. The van der Waals surface area contributed by atoms with Crippen LogP contribution in [0.3, 0.4) is 0 Å². The molecule has 0 atom stereocenters. The van der Waals surface area contributed by atoms with Gasteiger partial charge in [-0.25, -0.2) is 9.37 Å². The van der Waals surface area contributed by atoms with Crippen LogP contribution < -0.4 is 16.2 Å². The number of amides is 2. The van der Waals surface area contributed by atoms with Gasteiger partial charge in [0.15, 0.2) is 0 Å². The van der Waals surface area contributed by atoms with Crippen LogP contribution in [0.2, 0.25) is 0 Å². The van der Waals surface area contributed by atoms with Gasteiger partial charge in [0.2, 0.25) is 0 Å². The summed E-state index contributed by atoms with van der Waals surface area (Å²) >= 11 is 0. The Morgan fingerprint density at radius 2 is 1.70 bits per heavy atom. The summed E-state index contributed by atoms with van der Waals surface area (Å²) in [4.78, 5) is 28.7. The molecule has 138 valence electrons. The van der Waals surface area contributed by atoms with Gasteiger partial charge in [0.25, 0.3) is 11.8 Å². The van der Waals surface area contributed by atoms with Crippen molar-refractivity contribution in [2.45, 2.75) is 13.8 Å². The molecule has 7 nitrogen and oxygen atoms in total. The lowest BCUT2D eigenvalue weighted by Gasteiger charge is -2.12. The van der Waals surface area contributed by atoms with E-state index >= 15 is 0 Å². The van der Waals surface area contributed by atoms with E-state index in [2.05, 4.69) is 21.2 Å². The molecule has 0 bridgehead atoms. The van der Waals surface area contributed by atoms with Crippen molar-refractivity contribution in [3.63, 3.8) is 0 Å². The van der Waals surface area contributed by atoms with Gasteiger partial charge in [-0.05, 0) is 44.2 Å². The average molecular weight is 368 g/mol. The minimum atomic E-state index is -0.604. The molecular weight excluding hydrogens is 351 g/mol. The molecule has 0 aliphatic rings. The summed E-state index contributed by atoms with van der Waals surface area (Å²) in [5, 5.41) is 2.78. The Labute approximate surface area is 154 Å². The van der Waals surface area contributed by atoms with Crippen molar-refractivity contribution in [1.29, 1.82) is 0 Å². The number of aromatic nitrogens is 1. The zero-order chi connectivity index (χ0) is 19.4. The molecule has 0 aliphatic heterocycles. The molecule has 0 spiro atoms. The van der Waals surface area contributed by atoms with Gasteiger partial charge in [0, 0.05) is 6.20 Å². The SMILES string of the molecule is Cc1cc(C(=O)NNC(=O)c2cccnc2Nc2ccccc2F)c(C)o1. The number of hydrogen-bond acceptors (Lipinski definition) is 5. The number of pyridine rings is 1. The summed E-state index contributed by atoms with van der Waals surface area (Å²) in [5.74, 6) is -0.396. The van der Waals surface area contributed by atoms with Crippen molar-refractivity contribution in [3.8, 4) is 0 Å². The van der Waals surface area contributed by atoms with E-state index in [-0.39, 0.29) is 17.1 Å².